The van der Waals surface area contributed by atoms with Crippen LogP contribution in [0.15, 0.2) is 24.4 Å². The Balaban J connectivity index is 1.70. The smallest absolute Gasteiger partial charge is 0.222 e. The molecule has 0 aliphatic heterocycles. The molecule has 1 saturated carbocycles. The highest BCUT2D eigenvalue weighted by Gasteiger charge is 2.22. The number of hydrogen-bond acceptors (Lipinski definition) is 2. The van der Waals surface area contributed by atoms with E-state index in [4.69, 9.17) is 11.6 Å². The minimum absolute atomic E-state index is 0.100. The van der Waals surface area contributed by atoms with Crippen LogP contribution < -0.4 is 5.32 Å². The Hall–Kier alpha value is -1.55. The molecule has 2 aromatic rings. The van der Waals surface area contributed by atoms with Gasteiger partial charge in [0.05, 0.1) is 23.3 Å². The molecule has 1 heterocycles. The second-order valence-corrected chi connectivity index (χ2v) is 5.04. The van der Waals surface area contributed by atoms with E-state index < -0.39 is 0 Å². The largest absolute Gasteiger partial charge is 0.353 e. The van der Waals surface area contributed by atoms with Crippen molar-refractivity contribution in [2.75, 3.05) is 0 Å². The van der Waals surface area contributed by atoms with Gasteiger partial charge in [-0.25, -0.2) is 0 Å². The maximum atomic E-state index is 11.6. The summed E-state index contributed by atoms with van der Waals surface area (Å²) in [5.41, 5.74) is 0.974. The van der Waals surface area contributed by atoms with Crippen LogP contribution in [0.4, 0.5) is 0 Å². The summed E-state index contributed by atoms with van der Waals surface area (Å²) in [4.78, 5) is 11.6. The van der Waals surface area contributed by atoms with Gasteiger partial charge in [-0.05, 0) is 25.0 Å². The van der Waals surface area contributed by atoms with Crippen molar-refractivity contribution in [2.24, 2.45) is 0 Å². The van der Waals surface area contributed by atoms with Crippen LogP contribution in [0.25, 0.3) is 10.9 Å². The van der Waals surface area contributed by atoms with E-state index in [1.54, 1.807) is 6.20 Å². The molecule has 0 spiro atoms. The SMILES string of the molecule is O=C(CCn1ncc2c(Cl)cccc21)NC1CC1. The van der Waals surface area contributed by atoms with E-state index in [9.17, 15) is 4.79 Å². The minimum atomic E-state index is 0.100. The molecule has 5 heteroatoms. The summed E-state index contributed by atoms with van der Waals surface area (Å²) in [6, 6.07) is 6.12. The lowest BCUT2D eigenvalue weighted by Gasteiger charge is -2.05. The van der Waals surface area contributed by atoms with Crippen LogP contribution in [0.5, 0.6) is 0 Å². The zero-order valence-corrected chi connectivity index (χ0v) is 10.7. The van der Waals surface area contributed by atoms with Gasteiger partial charge in [0.2, 0.25) is 5.91 Å². The van der Waals surface area contributed by atoms with Crippen LogP contribution in [-0.4, -0.2) is 21.7 Å². The molecule has 0 saturated heterocycles. The van der Waals surface area contributed by atoms with Crippen molar-refractivity contribution in [1.82, 2.24) is 15.1 Å². The fourth-order valence-corrected chi connectivity index (χ4v) is 2.20. The number of amides is 1. The predicted octanol–water partition coefficient (Wildman–Crippen LogP) is 2.36. The summed E-state index contributed by atoms with van der Waals surface area (Å²) in [5, 5.41) is 8.87. The standard InChI is InChI=1S/C13H14ClN3O/c14-11-2-1-3-12-10(11)8-15-17(12)7-6-13(18)16-9-4-5-9/h1-3,8-9H,4-7H2,(H,16,18). The third kappa shape index (κ3) is 2.34. The monoisotopic (exact) mass is 263 g/mol. The van der Waals surface area contributed by atoms with Crippen molar-refractivity contribution < 1.29 is 4.79 Å². The number of carbonyl (C=O) groups is 1. The molecule has 0 radical (unpaired) electrons. The Morgan fingerprint density at radius 1 is 1.50 bits per heavy atom. The molecule has 94 valence electrons. The Kier molecular flexibility index (Phi) is 2.96. The van der Waals surface area contributed by atoms with Crippen molar-refractivity contribution in [3.05, 3.63) is 29.4 Å². The molecule has 4 nitrogen and oxygen atoms in total. The summed E-state index contributed by atoms with van der Waals surface area (Å²) >= 11 is 6.08. The van der Waals surface area contributed by atoms with Crippen molar-refractivity contribution in [3.8, 4) is 0 Å². The van der Waals surface area contributed by atoms with Crippen LogP contribution in [0.3, 0.4) is 0 Å². The first-order chi connectivity index (χ1) is 8.74. The van der Waals surface area contributed by atoms with E-state index in [2.05, 4.69) is 10.4 Å². The number of hydrogen-bond donors (Lipinski definition) is 1. The molecular formula is C13H14ClN3O. The summed E-state index contributed by atoms with van der Waals surface area (Å²) in [6.45, 7) is 0.586. The molecule has 1 aromatic carbocycles. The van der Waals surface area contributed by atoms with Crippen molar-refractivity contribution in [1.29, 1.82) is 0 Å². The van der Waals surface area contributed by atoms with Crippen molar-refractivity contribution >= 4 is 28.4 Å². The van der Waals surface area contributed by atoms with Crippen LogP contribution in [0.1, 0.15) is 19.3 Å². The summed E-state index contributed by atoms with van der Waals surface area (Å²) in [7, 11) is 0. The highest BCUT2D eigenvalue weighted by Crippen LogP contribution is 2.23. The van der Waals surface area contributed by atoms with Crippen LogP contribution in [0, 0.1) is 0 Å². The molecule has 1 N–H and O–H groups in total. The molecule has 1 aromatic heterocycles. The number of rotatable bonds is 4. The topological polar surface area (TPSA) is 46.9 Å². The molecular weight excluding hydrogens is 250 g/mol. The lowest BCUT2D eigenvalue weighted by atomic mass is 10.2. The van der Waals surface area contributed by atoms with Crippen LogP contribution >= 0.6 is 11.6 Å². The number of aryl methyl sites for hydroxylation is 1. The van der Waals surface area contributed by atoms with Gasteiger partial charge < -0.3 is 5.32 Å². The average Bonchev–Trinajstić information content (AvgIpc) is 3.06. The number of fused-ring (bicyclic) bond motifs is 1. The fourth-order valence-electron chi connectivity index (χ4n) is 1.98. The van der Waals surface area contributed by atoms with Gasteiger partial charge >= 0.3 is 0 Å². The fraction of sp³-hybridized carbons (Fsp3) is 0.385. The lowest BCUT2D eigenvalue weighted by molar-refractivity contribution is -0.121. The van der Waals surface area contributed by atoms with Crippen molar-refractivity contribution in [2.45, 2.75) is 31.8 Å². The third-order valence-electron chi connectivity index (χ3n) is 3.13. The maximum absolute atomic E-state index is 11.6. The molecule has 1 fully saturated rings. The van der Waals surface area contributed by atoms with Gasteiger partial charge in [-0.2, -0.15) is 5.10 Å². The second-order valence-electron chi connectivity index (χ2n) is 4.63. The highest BCUT2D eigenvalue weighted by molar-refractivity contribution is 6.35. The summed E-state index contributed by atoms with van der Waals surface area (Å²) in [5.74, 6) is 0.100. The molecule has 3 rings (SSSR count). The Labute approximate surface area is 110 Å². The Morgan fingerprint density at radius 2 is 2.33 bits per heavy atom. The zero-order valence-electron chi connectivity index (χ0n) is 9.90. The molecule has 0 atom stereocenters. The number of nitrogens with one attached hydrogen (secondary N) is 1. The summed E-state index contributed by atoms with van der Waals surface area (Å²) in [6.07, 6.45) is 4.44. The Bertz CT molecular complexity index is 589. The number of aromatic nitrogens is 2. The first-order valence-electron chi connectivity index (χ1n) is 6.13. The van der Waals surface area contributed by atoms with Crippen LogP contribution in [-0.2, 0) is 11.3 Å². The van der Waals surface area contributed by atoms with E-state index >= 15 is 0 Å². The van der Waals surface area contributed by atoms with E-state index in [0.717, 1.165) is 23.7 Å². The van der Waals surface area contributed by atoms with Crippen molar-refractivity contribution in [3.63, 3.8) is 0 Å². The lowest BCUT2D eigenvalue weighted by Crippen LogP contribution is -2.26. The number of nitrogens with zero attached hydrogens (tertiary/aromatic N) is 2. The Morgan fingerprint density at radius 3 is 3.11 bits per heavy atom. The molecule has 18 heavy (non-hydrogen) atoms. The van der Waals surface area contributed by atoms with E-state index in [1.165, 1.54) is 0 Å². The molecule has 0 bridgehead atoms. The van der Waals surface area contributed by atoms with E-state index in [1.807, 2.05) is 22.9 Å². The predicted molar refractivity (Wildman–Crippen MR) is 70.5 cm³/mol. The summed E-state index contributed by atoms with van der Waals surface area (Å²) < 4.78 is 1.83. The van der Waals surface area contributed by atoms with Gasteiger partial charge in [-0.3, -0.25) is 9.48 Å². The number of benzene rings is 1. The zero-order chi connectivity index (χ0) is 12.5. The van der Waals surface area contributed by atoms with Gasteiger partial charge in [-0.1, -0.05) is 17.7 Å². The first-order valence-corrected chi connectivity index (χ1v) is 6.51. The second kappa shape index (κ2) is 4.61. The maximum Gasteiger partial charge on any atom is 0.222 e. The van der Waals surface area contributed by atoms with Crippen LogP contribution in [0.2, 0.25) is 5.02 Å². The van der Waals surface area contributed by atoms with Gasteiger partial charge in [0.25, 0.3) is 0 Å². The molecule has 0 unspecified atom stereocenters. The van der Waals surface area contributed by atoms with Gasteiger partial charge in [0.15, 0.2) is 0 Å². The van der Waals surface area contributed by atoms with Gasteiger partial charge in [0.1, 0.15) is 0 Å². The molecule has 1 amide bonds. The molecule has 1 aliphatic carbocycles. The quantitative estimate of drug-likeness (QED) is 0.921. The van der Waals surface area contributed by atoms with E-state index in [-0.39, 0.29) is 5.91 Å². The van der Waals surface area contributed by atoms with Gasteiger partial charge in [0, 0.05) is 17.8 Å². The van der Waals surface area contributed by atoms with Gasteiger partial charge in [-0.15, -0.1) is 0 Å². The normalized spacial score (nSPS) is 14.9. The average molecular weight is 264 g/mol. The minimum Gasteiger partial charge on any atom is -0.353 e. The highest BCUT2D eigenvalue weighted by atomic mass is 35.5. The molecule has 1 aliphatic rings. The third-order valence-corrected chi connectivity index (χ3v) is 3.46. The number of carbonyl (C=O) groups excluding carboxylic acids is 1. The first kappa shape index (κ1) is 11.5. The number of halogens is 1. The van der Waals surface area contributed by atoms with E-state index in [0.29, 0.717) is 24.0 Å².